The van der Waals surface area contributed by atoms with Crippen molar-refractivity contribution in [2.24, 2.45) is 40.2 Å². The largest absolute Gasteiger partial charge is 0.512 e. The molecule has 0 heterocycles. The molecule has 122 valence electrons. The van der Waals surface area contributed by atoms with Gasteiger partial charge >= 0.3 is 0 Å². The number of aliphatic hydroxyl groups is 2. The summed E-state index contributed by atoms with van der Waals surface area (Å²) in [6.07, 6.45) is 11.2. The molecular formula is C19H29NO2. The van der Waals surface area contributed by atoms with Crippen LogP contribution in [0.3, 0.4) is 0 Å². The van der Waals surface area contributed by atoms with E-state index in [0.717, 1.165) is 25.7 Å². The molecule has 2 saturated carbocycles. The molecule has 0 saturated heterocycles. The monoisotopic (exact) mass is 303 g/mol. The van der Waals surface area contributed by atoms with Gasteiger partial charge in [-0.2, -0.15) is 0 Å². The van der Waals surface area contributed by atoms with Gasteiger partial charge in [0.05, 0.1) is 11.9 Å². The topological polar surface area (TPSA) is 66.5 Å². The van der Waals surface area contributed by atoms with E-state index in [9.17, 15) is 10.2 Å². The lowest BCUT2D eigenvalue weighted by atomic mass is 9.48. The molecule has 0 aromatic heterocycles. The molecule has 2 fully saturated rings. The molecule has 4 rings (SSSR count). The minimum Gasteiger partial charge on any atom is -0.512 e. The molecule has 22 heavy (non-hydrogen) atoms. The van der Waals surface area contributed by atoms with Crippen molar-refractivity contribution < 1.29 is 10.2 Å². The lowest BCUT2D eigenvalue weighted by Gasteiger charge is -2.57. The van der Waals surface area contributed by atoms with Crippen molar-refractivity contribution in [1.82, 2.24) is 0 Å². The molecule has 0 spiro atoms. The molecule has 0 aromatic carbocycles. The van der Waals surface area contributed by atoms with Gasteiger partial charge in [-0.25, -0.2) is 0 Å². The Balaban J connectivity index is 1.76. The number of rotatable bonds is 0. The Hall–Kier alpha value is -0.800. The molecule has 0 bridgehead atoms. The van der Waals surface area contributed by atoms with Crippen LogP contribution in [0.1, 0.15) is 46.0 Å². The van der Waals surface area contributed by atoms with Gasteiger partial charge in [0, 0.05) is 12.0 Å². The zero-order chi connectivity index (χ0) is 15.7. The summed E-state index contributed by atoms with van der Waals surface area (Å²) in [5.41, 5.74) is 6.68. The van der Waals surface area contributed by atoms with Gasteiger partial charge in [0.15, 0.2) is 0 Å². The minimum absolute atomic E-state index is 0.0736. The summed E-state index contributed by atoms with van der Waals surface area (Å²) in [5, 5.41) is 20.8. The van der Waals surface area contributed by atoms with Crippen LogP contribution in [-0.4, -0.2) is 22.4 Å². The van der Waals surface area contributed by atoms with Crippen molar-refractivity contribution in [3.05, 3.63) is 24.0 Å². The summed E-state index contributed by atoms with van der Waals surface area (Å²) in [4.78, 5) is 0. The third kappa shape index (κ3) is 1.75. The van der Waals surface area contributed by atoms with E-state index in [1.807, 2.05) is 6.08 Å². The molecule has 1 unspecified atom stereocenters. The van der Waals surface area contributed by atoms with Crippen molar-refractivity contribution in [3.8, 4) is 0 Å². The highest BCUT2D eigenvalue weighted by Gasteiger charge is 2.59. The molecular weight excluding hydrogens is 274 g/mol. The molecule has 3 nitrogen and oxygen atoms in total. The van der Waals surface area contributed by atoms with E-state index in [1.54, 1.807) is 0 Å². The lowest BCUT2D eigenvalue weighted by Crippen LogP contribution is -2.53. The predicted molar refractivity (Wildman–Crippen MR) is 87.1 cm³/mol. The standard InChI is InChI=1S/C19H29NO2/c1-18-7-5-12(21)9-11(18)10-15(22)17-13-3-4-16(20)19(13,2)8-6-14(17)18/h5,7,10-14,16-17,21-22H,3-4,6,8-9,20H2,1-2H3/t11?,12-,13-,14-,16-,17-,18-,19-/m0/s1. The molecule has 0 aliphatic heterocycles. The molecule has 4 aliphatic rings. The average molecular weight is 303 g/mol. The minimum atomic E-state index is -0.368. The van der Waals surface area contributed by atoms with Crippen LogP contribution in [-0.2, 0) is 0 Å². The van der Waals surface area contributed by atoms with Gasteiger partial charge in [0.1, 0.15) is 0 Å². The molecule has 0 radical (unpaired) electrons. The van der Waals surface area contributed by atoms with Crippen molar-refractivity contribution in [2.75, 3.05) is 0 Å². The van der Waals surface area contributed by atoms with E-state index in [4.69, 9.17) is 5.73 Å². The van der Waals surface area contributed by atoms with E-state index < -0.39 is 0 Å². The molecule has 4 aliphatic carbocycles. The third-order valence-corrected chi connectivity index (χ3v) is 7.83. The van der Waals surface area contributed by atoms with E-state index in [1.165, 1.54) is 6.42 Å². The lowest BCUT2D eigenvalue weighted by molar-refractivity contribution is -0.0468. The highest BCUT2D eigenvalue weighted by atomic mass is 16.3. The third-order valence-electron chi connectivity index (χ3n) is 7.83. The fourth-order valence-electron chi connectivity index (χ4n) is 6.29. The zero-order valence-corrected chi connectivity index (χ0v) is 13.7. The Morgan fingerprint density at radius 3 is 2.73 bits per heavy atom. The summed E-state index contributed by atoms with van der Waals surface area (Å²) in [5.74, 6) is 2.09. The second-order valence-electron chi connectivity index (χ2n) is 8.69. The number of aliphatic hydroxyl groups excluding tert-OH is 2. The number of hydrogen-bond acceptors (Lipinski definition) is 3. The molecule has 0 amide bonds. The van der Waals surface area contributed by atoms with Gasteiger partial charge in [0.25, 0.3) is 0 Å². The molecule has 4 N–H and O–H groups in total. The van der Waals surface area contributed by atoms with Gasteiger partial charge < -0.3 is 15.9 Å². The first-order valence-corrected chi connectivity index (χ1v) is 8.90. The smallest absolute Gasteiger partial charge is 0.0922 e. The van der Waals surface area contributed by atoms with E-state index in [2.05, 4.69) is 26.0 Å². The Labute approximate surface area is 133 Å². The van der Waals surface area contributed by atoms with Crippen LogP contribution < -0.4 is 5.73 Å². The van der Waals surface area contributed by atoms with Crippen LogP contribution in [0.25, 0.3) is 0 Å². The van der Waals surface area contributed by atoms with Gasteiger partial charge in [-0.15, -0.1) is 0 Å². The molecule has 0 aromatic rings. The van der Waals surface area contributed by atoms with Gasteiger partial charge in [-0.1, -0.05) is 26.0 Å². The van der Waals surface area contributed by atoms with Crippen molar-refractivity contribution in [1.29, 1.82) is 0 Å². The van der Waals surface area contributed by atoms with Crippen LogP contribution in [0.4, 0.5) is 0 Å². The Morgan fingerprint density at radius 1 is 1.18 bits per heavy atom. The SMILES string of the molecule is C[C@]12CC[C@H]3[C@@H](C(O)=CC4C[C@@H](O)C=C[C@@]43C)[C@@H]1CC[C@@H]2N. The average Bonchev–Trinajstić information content (AvgIpc) is 2.77. The molecule has 8 atom stereocenters. The van der Waals surface area contributed by atoms with Crippen molar-refractivity contribution >= 4 is 0 Å². The predicted octanol–water partition coefficient (Wildman–Crippen LogP) is 3.16. The maximum Gasteiger partial charge on any atom is 0.0922 e. The highest BCUT2D eigenvalue weighted by molar-refractivity contribution is 5.26. The maximum atomic E-state index is 10.8. The number of hydrogen-bond donors (Lipinski definition) is 3. The summed E-state index contributed by atoms with van der Waals surface area (Å²) in [6.45, 7) is 4.67. The van der Waals surface area contributed by atoms with Crippen molar-refractivity contribution in [3.63, 3.8) is 0 Å². The Kier molecular flexibility index (Phi) is 3.09. The quantitative estimate of drug-likeness (QED) is 0.602. The number of nitrogens with two attached hydrogens (primary N) is 1. The first-order chi connectivity index (χ1) is 10.4. The normalized spacial score (nSPS) is 56.8. The van der Waals surface area contributed by atoms with Crippen LogP contribution in [0.5, 0.6) is 0 Å². The number of allylic oxidation sites excluding steroid dienone is 3. The Bertz CT molecular complexity index is 542. The second-order valence-corrected chi connectivity index (χ2v) is 8.69. The van der Waals surface area contributed by atoms with Crippen LogP contribution >= 0.6 is 0 Å². The second kappa shape index (κ2) is 4.61. The van der Waals surface area contributed by atoms with Crippen LogP contribution in [0.15, 0.2) is 24.0 Å². The fraction of sp³-hybridized carbons (Fsp3) is 0.789. The first-order valence-electron chi connectivity index (χ1n) is 8.90. The van der Waals surface area contributed by atoms with Crippen molar-refractivity contribution in [2.45, 2.75) is 58.1 Å². The van der Waals surface area contributed by atoms with E-state index in [-0.39, 0.29) is 34.8 Å². The summed E-state index contributed by atoms with van der Waals surface area (Å²) in [6, 6.07) is 0.278. The molecule has 3 heteroatoms. The van der Waals surface area contributed by atoms with Crippen LogP contribution in [0.2, 0.25) is 0 Å². The van der Waals surface area contributed by atoms with Gasteiger partial charge in [-0.05, 0) is 66.8 Å². The summed E-state index contributed by atoms with van der Waals surface area (Å²) >= 11 is 0. The first kappa shape index (κ1) is 14.8. The zero-order valence-electron chi connectivity index (χ0n) is 13.7. The maximum absolute atomic E-state index is 10.8. The van der Waals surface area contributed by atoms with E-state index >= 15 is 0 Å². The summed E-state index contributed by atoms with van der Waals surface area (Å²) in [7, 11) is 0. The van der Waals surface area contributed by atoms with Gasteiger partial charge in [0.2, 0.25) is 0 Å². The fourth-order valence-corrected chi connectivity index (χ4v) is 6.29. The summed E-state index contributed by atoms with van der Waals surface area (Å²) < 4.78 is 0. The highest BCUT2D eigenvalue weighted by Crippen LogP contribution is 2.64. The van der Waals surface area contributed by atoms with Gasteiger partial charge in [-0.3, -0.25) is 0 Å². The van der Waals surface area contributed by atoms with E-state index in [0.29, 0.717) is 17.6 Å². The Morgan fingerprint density at radius 2 is 1.95 bits per heavy atom. The number of fused-ring (bicyclic) bond motifs is 5. The van der Waals surface area contributed by atoms with Crippen LogP contribution in [0, 0.1) is 34.5 Å².